The van der Waals surface area contributed by atoms with E-state index in [0.29, 0.717) is 30.8 Å². The van der Waals surface area contributed by atoms with Crippen LogP contribution in [-0.2, 0) is 16.6 Å². The lowest BCUT2D eigenvalue weighted by Crippen LogP contribution is -2.25. The Morgan fingerprint density at radius 3 is 2.61 bits per heavy atom. The van der Waals surface area contributed by atoms with Gasteiger partial charge in [0.25, 0.3) is 5.91 Å². The molecule has 1 N–H and O–H groups in total. The zero-order valence-electron chi connectivity index (χ0n) is 12.5. The van der Waals surface area contributed by atoms with E-state index in [2.05, 4.69) is 10.3 Å². The largest absolute Gasteiger partial charge is 0.348 e. The SMILES string of the molecule is O=C(NCc1cccnc1)c1ccc(N2CCCS2(=O)=O)cc1. The van der Waals surface area contributed by atoms with Crippen molar-refractivity contribution in [1.29, 1.82) is 0 Å². The summed E-state index contributed by atoms with van der Waals surface area (Å²) in [5, 5.41) is 2.81. The third-order valence-electron chi connectivity index (χ3n) is 3.69. The summed E-state index contributed by atoms with van der Waals surface area (Å²) in [5.74, 6) is -0.0231. The summed E-state index contributed by atoms with van der Waals surface area (Å²) in [6.07, 6.45) is 4.01. The molecule has 1 amide bonds. The summed E-state index contributed by atoms with van der Waals surface area (Å²) in [6.45, 7) is 0.893. The van der Waals surface area contributed by atoms with Crippen molar-refractivity contribution in [3.05, 3.63) is 59.9 Å². The number of benzene rings is 1. The monoisotopic (exact) mass is 331 g/mol. The Labute approximate surface area is 135 Å². The minimum Gasteiger partial charge on any atom is -0.348 e. The van der Waals surface area contributed by atoms with Crippen molar-refractivity contribution >= 4 is 21.6 Å². The number of nitrogens with zero attached hydrogens (tertiary/aromatic N) is 2. The van der Waals surface area contributed by atoms with E-state index < -0.39 is 10.0 Å². The van der Waals surface area contributed by atoms with E-state index >= 15 is 0 Å². The lowest BCUT2D eigenvalue weighted by molar-refractivity contribution is 0.0951. The van der Waals surface area contributed by atoms with Crippen LogP contribution in [0.4, 0.5) is 5.69 Å². The molecule has 3 rings (SSSR count). The smallest absolute Gasteiger partial charge is 0.251 e. The standard InChI is InChI=1S/C16H17N3O3S/c20-16(18-12-13-3-1-8-17-11-13)14-4-6-15(7-5-14)19-9-2-10-23(19,21)22/h1,3-8,11H,2,9-10,12H2,(H,18,20). The molecule has 6 nitrogen and oxygen atoms in total. The van der Waals surface area contributed by atoms with Gasteiger partial charge in [0.1, 0.15) is 0 Å². The van der Waals surface area contributed by atoms with Gasteiger partial charge in [-0.05, 0) is 42.3 Å². The molecule has 1 aromatic carbocycles. The van der Waals surface area contributed by atoms with Gasteiger partial charge < -0.3 is 5.32 Å². The van der Waals surface area contributed by atoms with Crippen LogP contribution in [0.25, 0.3) is 0 Å². The van der Waals surface area contributed by atoms with Crippen molar-refractivity contribution in [2.75, 3.05) is 16.6 Å². The number of hydrogen-bond donors (Lipinski definition) is 1. The Bertz CT molecular complexity index is 789. The van der Waals surface area contributed by atoms with E-state index in [9.17, 15) is 13.2 Å². The summed E-state index contributed by atoms with van der Waals surface area (Å²) >= 11 is 0. The van der Waals surface area contributed by atoms with Gasteiger partial charge in [0, 0.05) is 31.0 Å². The molecule has 0 saturated carbocycles. The molecule has 1 aliphatic rings. The Kier molecular flexibility index (Phi) is 4.29. The second kappa shape index (κ2) is 6.37. The first-order valence-corrected chi connectivity index (χ1v) is 8.95. The van der Waals surface area contributed by atoms with Gasteiger partial charge in [-0.1, -0.05) is 6.07 Å². The molecular weight excluding hydrogens is 314 g/mol. The van der Waals surface area contributed by atoms with E-state index in [-0.39, 0.29) is 11.7 Å². The molecule has 23 heavy (non-hydrogen) atoms. The summed E-state index contributed by atoms with van der Waals surface area (Å²) in [7, 11) is -3.19. The van der Waals surface area contributed by atoms with Crippen LogP contribution in [0.15, 0.2) is 48.8 Å². The molecule has 0 spiro atoms. The molecule has 7 heteroatoms. The number of amides is 1. The molecule has 1 saturated heterocycles. The van der Waals surface area contributed by atoms with Gasteiger partial charge in [0.05, 0.1) is 11.4 Å². The quantitative estimate of drug-likeness (QED) is 0.922. The summed E-state index contributed by atoms with van der Waals surface area (Å²) in [6, 6.07) is 10.3. The second-order valence-electron chi connectivity index (χ2n) is 5.33. The van der Waals surface area contributed by atoms with Crippen molar-refractivity contribution in [3.8, 4) is 0 Å². The van der Waals surface area contributed by atoms with Crippen LogP contribution in [0.3, 0.4) is 0 Å². The topological polar surface area (TPSA) is 79.4 Å². The van der Waals surface area contributed by atoms with Gasteiger partial charge in [0.2, 0.25) is 10.0 Å². The predicted molar refractivity (Wildman–Crippen MR) is 87.6 cm³/mol. The number of aromatic nitrogens is 1. The number of rotatable bonds is 4. The molecule has 0 bridgehead atoms. The Hall–Kier alpha value is -2.41. The van der Waals surface area contributed by atoms with Crippen LogP contribution in [0.5, 0.6) is 0 Å². The highest BCUT2D eigenvalue weighted by Gasteiger charge is 2.28. The normalized spacial score (nSPS) is 16.3. The van der Waals surface area contributed by atoms with Crippen molar-refractivity contribution in [2.45, 2.75) is 13.0 Å². The first-order valence-electron chi connectivity index (χ1n) is 7.34. The van der Waals surface area contributed by atoms with E-state index in [0.717, 1.165) is 5.56 Å². The molecule has 0 unspecified atom stereocenters. The van der Waals surface area contributed by atoms with Gasteiger partial charge in [-0.3, -0.25) is 14.1 Å². The average Bonchev–Trinajstić information content (AvgIpc) is 2.93. The molecule has 0 aliphatic carbocycles. The zero-order chi connectivity index (χ0) is 16.3. The summed E-state index contributed by atoms with van der Waals surface area (Å²) in [4.78, 5) is 16.1. The van der Waals surface area contributed by atoms with Gasteiger partial charge in [-0.15, -0.1) is 0 Å². The highest BCUT2D eigenvalue weighted by Crippen LogP contribution is 2.24. The molecule has 1 aromatic heterocycles. The number of sulfonamides is 1. The van der Waals surface area contributed by atoms with Gasteiger partial charge in [-0.25, -0.2) is 8.42 Å². The third kappa shape index (κ3) is 3.50. The number of anilines is 1. The highest BCUT2D eigenvalue weighted by atomic mass is 32.2. The number of carbonyl (C=O) groups excluding carboxylic acids is 1. The van der Waals surface area contributed by atoms with E-state index in [1.165, 1.54) is 4.31 Å². The Morgan fingerprint density at radius 1 is 1.22 bits per heavy atom. The fourth-order valence-corrected chi connectivity index (χ4v) is 4.06. The van der Waals surface area contributed by atoms with Gasteiger partial charge >= 0.3 is 0 Å². The first-order chi connectivity index (χ1) is 11.1. The van der Waals surface area contributed by atoms with Crippen LogP contribution >= 0.6 is 0 Å². The average molecular weight is 331 g/mol. The summed E-state index contributed by atoms with van der Waals surface area (Å²) in [5.41, 5.74) is 2.01. The van der Waals surface area contributed by atoms with Crippen LogP contribution in [0.2, 0.25) is 0 Å². The van der Waals surface area contributed by atoms with E-state index in [4.69, 9.17) is 0 Å². The minimum atomic E-state index is -3.19. The molecular formula is C16H17N3O3S. The lowest BCUT2D eigenvalue weighted by Gasteiger charge is -2.17. The molecule has 1 fully saturated rings. The number of hydrogen-bond acceptors (Lipinski definition) is 4. The number of carbonyl (C=O) groups is 1. The fourth-order valence-electron chi connectivity index (χ4n) is 2.50. The molecule has 1 aliphatic heterocycles. The fraction of sp³-hybridized carbons (Fsp3) is 0.250. The second-order valence-corrected chi connectivity index (χ2v) is 7.35. The third-order valence-corrected chi connectivity index (χ3v) is 5.56. The van der Waals surface area contributed by atoms with Crippen molar-refractivity contribution in [3.63, 3.8) is 0 Å². The van der Waals surface area contributed by atoms with Crippen LogP contribution in [0.1, 0.15) is 22.3 Å². The number of pyridine rings is 1. The van der Waals surface area contributed by atoms with Crippen LogP contribution in [0, 0.1) is 0 Å². The predicted octanol–water partition coefficient (Wildman–Crippen LogP) is 1.55. The van der Waals surface area contributed by atoms with Crippen LogP contribution in [-0.4, -0.2) is 31.6 Å². The molecule has 2 aromatic rings. The van der Waals surface area contributed by atoms with E-state index in [1.54, 1.807) is 36.7 Å². The molecule has 0 radical (unpaired) electrons. The van der Waals surface area contributed by atoms with Crippen molar-refractivity contribution < 1.29 is 13.2 Å². The highest BCUT2D eigenvalue weighted by molar-refractivity contribution is 7.93. The van der Waals surface area contributed by atoms with E-state index in [1.807, 2.05) is 12.1 Å². The minimum absolute atomic E-state index is 0.181. The van der Waals surface area contributed by atoms with Crippen molar-refractivity contribution in [2.24, 2.45) is 0 Å². The maximum atomic E-state index is 12.1. The first kappa shape index (κ1) is 15.5. The zero-order valence-corrected chi connectivity index (χ0v) is 13.3. The number of nitrogens with one attached hydrogen (secondary N) is 1. The van der Waals surface area contributed by atoms with Crippen molar-refractivity contribution in [1.82, 2.24) is 10.3 Å². The van der Waals surface area contributed by atoms with Crippen LogP contribution < -0.4 is 9.62 Å². The molecule has 0 atom stereocenters. The Balaban J connectivity index is 1.66. The summed E-state index contributed by atoms with van der Waals surface area (Å²) < 4.78 is 25.2. The molecule has 2 heterocycles. The van der Waals surface area contributed by atoms with Gasteiger partial charge in [-0.2, -0.15) is 0 Å². The Morgan fingerprint density at radius 2 is 2.00 bits per heavy atom. The maximum absolute atomic E-state index is 12.1. The van der Waals surface area contributed by atoms with Gasteiger partial charge in [0.15, 0.2) is 0 Å². The lowest BCUT2D eigenvalue weighted by atomic mass is 10.2. The molecule has 120 valence electrons. The maximum Gasteiger partial charge on any atom is 0.251 e.